The summed E-state index contributed by atoms with van der Waals surface area (Å²) in [6, 6.07) is 5.84. The van der Waals surface area contributed by atoms with E-state index in [0.29, 0.717) is 22.1 Å². The van der Waals surface area contributed by atoms with Crippen LogP contribution >= 0.6 is 11.8 Å². The van der Waals surface area contributed by atoms with Crippen molar-refractivity contribution >= 4 is 41.6 Å². The Morgan fingerprint density at radius 3 is 2.67 bits per heavy atom. The molecule has 21 heavy (non-hydrogen) atoms. The fraction of sp³-hybridized carbons (Fsp3) is 0.0714. The third-order valence-electron chi connectivity index (χ3n) is 2.53. The summed E-state index contributed by atoms with van der Waals surface area (Å²) >= 11 is 1.24. The summed E-state index contributed by atoms with van der Waals surface area (Å²) in [6.07, 6.45) is 2.36. The predicted molar refractivity (Wildman–Crippen MR) is 83.0 cm³/mol. The number of carbonyl (C=O) groups is 1. The molecule has 108 valence electrons. The van der Waals surface area contributed by atoms with E-state index in [9.17, 15) is 9.18 Å². The van der Waals surface area contributed by atoms with Gasteiger partial charge in [-0.15, -0.1) is 0 Å². The molecule has 0 fully saturated rings. The van der Waals surface area contributed by atoms with E-state index in [1.54, 1.807) is 18.2 Å². The zero-order valence-electron chi connectivity index (χ0n) is 11.0. The van der Waals surface area contributed by atoms with Crippen LogP contribution in [0.1, 0.15) is 5.56 Å². The molecular weight excluding hydrogens is 291 g/mol. The minimum absolute atomic E-state index is 0.0820. The highest BCUT2D eigenvalue weighted by Crippen LogP contribution is 2.29. The van der Waals surface area contributed by atoms with Gasteiger partial charge in [-0.25, -0.2) is 9.37 Å². The predicted octanol–water partition coefficient (Wildman–Crippen LogP) is 2.88. The molecule has 2 rings (SSSR count). The lowest BCUT2D eigenvalue weighted by Crippen LogP contribution is -2.05. The van der Waals surface area contributed by atoms with Crippen molar-refractivity contribution in [2.45, 2.75) is 5.03 Å². The van der Waals surface area contributed by atoms with Crippen molar-refractivity contribution in [3.05, 3.63) is 42.2 Å². The van der Waals surface area contributed by atoms with E-state index in [-0.39, 0.29) is 17.5 Å². The summed E-state index contributed by atoms with van der Waals surface area (Å²) in [5, 5.41) is 3.60. The molecule has 1 aromatic carbocycles. The largest absolute Gasteiger partial charge is 0.368 e. The van der Waals surface area contributed by atoms with Crippen LogP contribution in [-0.2, 0) is 4.79 Å². The van der Waals surface area contributed by atoms with Crippen molar-refractivity contribution in [1.29, 1.82) is 0 Å². The second-order valence-electron chi connectivity index (χ2n) is 3.96. The van der Waals surface area contributed by atoms with E-state index in [4.69, 9.17) is 5.73 Å². The third-order valence-corrected chi connectivity index (χ3v) is 3.41. The zero-order valence-corrected chi connectivity index (χ0v) is 11.9. The molecule has 2 aromatic rings. The van der Waals surface area contributed by atoms with Crippen molar-refractivity contribution in [3.8, 4) is 0 Å². The summed E-state index contributed by atoms with van der Waals surface area (Å²) < 4.78 is 12.9. The second kappa shape index (κ2) is 6.85. The molecule has 1 aromatic heterocycles. The Morgan fingerprint density at radius 1 is 1.33 bits per heavy atom. The molecule has 7 heteroatoms. The average Bonchev–Trinajstić information content (AvgIpc) is 2.47. The van der Waals surface area contributed by atoms with Crippen molar-refractivity contribution in [2.24, 2.45) is 0 Å². The molecule has 0 atom stereocenters. The number of hydrogen-bond acceptors (Lipinski definition) is 6. The van der Waals surface area contributed by atoms with Crippen LogP contribution in [0, 0.1) is 5.82 Å². The van der Waals surface area contributed by atoms with Crippen LogP contribution < -0.4 is 11.1 Å². The molecule has 0 amide bonds. The molecule has 0 saturated heterocycles. The molecule has 0 saturated carbocycles. The number of rotatable bonds is 6. The van der Waals surface area contributed by atoms with Crippen molar-refractivity contribution in [2.75, 3.05) is 16.8 Å². The first kappa shape index (κ1) is 15.0. The van der Waals surface area contributed by atoms with Crippen LogP contribution in [0.5, 0.6) is 0 Å². The van der Waals surface area contributed by atoms with E-state index in [0.717, 1.165) is 6.29 Å². The van der Waals surface area contributed by atoms with Crippen LogP contribution in [0.25, 0.3) is 6.08 Å². The summed E-state index contributed by atoms with van der Waals surface area (Å²) in [4.78, 5) is 18.7. The fourth-order valence-electron chi connectivity index (χ4n) is 1.64. The van der Waals surface area contributed by atoms with Gasteiger partial charge in [-0.3, -0.25) is 0 Å². The van der Waals surface area contributed by atoms with E-state index in [2.05, 4.69) is 21.9 Å². The lowest BCUT2D eigenvalue weighted by atomic mass is 10.2. The Bertz CT molecular complexity index is 661. The normalized spacial score (nSPS) is 10.1. The van der Waals surface area contributed by atoms with Crippen molar-refractivity contribution < 1.29 is 9.18 Å². The Balaban J connectivity index is 2.37. The molecule has 0 aliphatic carbocycles. The van der Waals surface area contributed by atoms with Crippen LogP contribution in [-0.4, -0.2) is 22.0 Å². The van der Waals surface area contributed by atoms with Gasteiger partial charge in [0.1, 0.15) is 22.9 Å². The lowest BCUT2D eigenvalue weighted by molar-refractivity contribution is -0.105. The number of nitrogen functional groups attached to an aromatic ring is 1. The topological polar surface area (TPSA) is 80.9 Å². The minimum Gasteiger partial charge on any atom is -0.368 e. The highest BCUT2D eigenvalue weighted by molar-refractivity contribution is 7.99. The molecule has 0 aliphatic heterocycles. The van der Waals surface area contributed by atoms with E-state index in [1.165, 1.54) is 23.9 Å². The quantitative estimate of drug-likeness (QED) is 0.485. The average molecular weight is 304 g/mol. The first-order valence-corrected chi connectivity index (χ1v) is 7.01. The number of aldehydes is 1. The highest BCUT2D eigenvalue weighted by Gasteiger charge is 2.12. The van der Waals surface area contributed by atoms with Crippen LogP contribution in [0.4, 0.5) is 21.8 Å². The van der Waals surface area contributed by atoms with Gasteiger partial charge >= 0.3 is 0 Å². The summed E-state index contributed by atoms with van der Waals surface area (Å²) in [5.41, 5.74) is 6.97. The number of nitrogens with two attached hydrogens (primary N) is 1. The van der Waals surface area contributed by atoms with Crippen LogP contribution in [0.3, 0.4) is 0 Å². The van der Waals surface area contributed by atoms with Gasteiger partial charge in [0, 0.05) is 11.3 Å². The van der Waals surface area contributed by atoms with E-state index in [1.807, 2.05) is 0 Å². The number of thioether (sulfide) groups is 1. The minimum atomic E-state index is -0.325. The maximum absolute atomic E-state index is 12.9. The maximum atomic E-state index is 12.9. The number of nitrogens with zero attached hydrogens (tertiary/aromatic N) is 2. The molecule has 0 radical (unpaired) electrons. The van der Waals surface area contributed by atoms with Gasteiger partial charge in [0.2, 0.25) is 5.95 Å². The number of nitrogens with one attached hydrogen (secondary N) is 1. The third kappa shape index (κ3) is 3.79. The summed E-state index contributed by atoms with van der Waals surface area (Å²) in [7, 11) is 0. The number of halogens is 1. The van der Waals surface area contributed by atoms with Gasteiger partial charge in [0.25, 0.3) is 0 Å². The molecule has 3 N–H and O–H groups in total. The number of hydrogen-bond donors (Lipinski definition) is 2. The number of aromatic nitrogens is 2. The van der Waals surface area contributed by atoms with Crippen molar-refractivity contribution in [1.82, 2.24) is 9.97 Å². The van der Waals surface area contributed by atoms with Gasteiger partial charge in [-0.1, -0.05) is 24.4 Å². The summed E-state index contributed by atoms with van der Waals surface area (Å²) in [5.74, 6) is 0.470. The van der Waals surface area contributed by atoms with Gasteiger partial charge < -0.3 is 15.8 Å². The molecule has 0 bridgehead atoms. The Labute approximate surface area is 125 Å². The molecule has 1 heterocycles. The van der Waals surface area contributed by atoms with E-state index >= 15 is 0 Å². The monoisotopic (exact) mass is 304 g/mol. The number of anilines is 3. The van der Waals surface area contributed by atoms with Gasteiger partial charge in [0.05, 0.1) is 5.75 Å². The number of carbonyl (C=O) groups excluding carboxylic acids is 1. The van der Waals surface area contributed by atoms with Gasteiger partial charge in [0.15, 0.2) is 0 Å². The molecule has 5 nitrogen and oxygen atoms in total. The molecule has 0 unspecified atom stereocenters. The number of benzene rings is 1. The van der Waals surface area contributed by atoms with Crippen LogP contribution in [0.2, 0.25) is 0 Å². The highest BCUT2D eigenvalue weighted by atomic mass is 32.2. The smallest absolute Gasteiger partial charge is 0.223 e. The van der Waals surface area contributed by atoms with Crippen LogP contribution in [0.15, 0.2) is 35.9 Å². The van der Waals surface area contributed by atoms with Gasteiger partial charge in [-0.05, 0) is 24.3 Å². The standard InChI is InChI=1S/C14H13FN4OS/c1-2-11-12(17-10-5-3-9(15)4-6-10)18-14(16)19-13(11)21-8-7-20/h2-7H,1,8H2,(H3,16,17,18,19). The lowest BCUT2D eigenvalue weighted by Gasteiger charge is -2.12. The molecule has 0 spiro atoms. The molecular formula is C14H13FN4OS. The Kier molecular flexibility index (Phi) is 4.89. The Morgan fingerprint density at radius 2 is 2.05 bits per heavy atom. The fourth-order valence-corrected chi connectivity index (χ4v) is 2.36. The summed E-state index contributed by atoms with van der Waals surface area (Å²) in [6.45, 7) is 3.72. The zero-order chi connectivity index (χ0) is 15.2. The second-order valence-corrected chi connectivity index (χ2v) is 4.97. The maximum Gasteiger partial charge on any atom is 0.223 e. The van der Waals surface area contributed by atoms with E-state index < -0.39 is 0 Å². The first-order chi connectivity index (χ1) is 10.1. The van der Waals surface area contributed by atoms with Gasteiger partial charge in [-0.2, -0.15) is 4.98 Å². The SMILES string of the molecule is C=Cc1c(Nc2ccc(F)cc2)nc(N)nc1SCC=O. The van der Waals surface area contributed by atoms with Crippen molar-refractivity contribution in [3.63, 3.8) is 0 Å². The Hall–Kier alpha value is -2.41. The molecule has 0 aliphatic rings. The first-order valence-electron chi connectivity index (χ1n) is 6.03.